The van der Waals surface area contributed by atoms with Crippen molar-refractivity contribution in [2.75, 3.05) is 0 Å². The van der Waals surface area contributed by atoms with E-state index >= 15 is 0 Å². The number of hydrogen-bond donors (Lipinski definition) is 2. The van der Waals surface area contributed by atoms with Gasteiger partial charge in [0.05, 0.1) is 17.8 Å². The summed E-state index contributed by atoms with van der Waals surface area (Å²) in [7, 11) is 0. The van der Waals surface area contributed by atoms with Gasteiger partial charge in [0.25, 0.3) is 0 Å². The maximum atomic E-state index is 10.7. The Morgan fingerprint density at radius 2 is 1.90 bits per heavy atom. The predicted octanol–water partition coefficient (Wildman–Crippen LogP) is 5.74. The number of para-hydroxylation sites is 1. The van der Waals surface area contributed by atoms with E-state index in [2.05, 4.69) is 43.1 Å². The third-order valence-electron chi connectivity index (χ3n) is 11.3. The Labute approximate surface area is 185 Å². The number of aromatic nitrogens is 1. The van der Waals surface area contributed by atoms with Gasteiger partial charge in [-0.2, -0.15) is 0 Å². The van der Waals surface area contributed by atoms with Gasteiger partial charge in [-0.25, -0.2) is 0 Å². The highest BCUT2D eigenvalue weighted by atomic mass is 16.5. The number of H-pyrrole nitrogens is 1. The van der Waals surface area contributed by atoms with Crippen molar-refractivity contribution in [3.05, 3.63) is 35.5 Å². The maximum absolute atomic E-state index is 10.7. The number of fused-ring (bicyclic) bond motifs is 7. The Morgan fingerprint density at radius 3 is 2.71 bits per heavy atom. The summed E-state index contributed by atoms with van der Waals surface area (Å²) in [5.41, 5.74) is 4.68. The summed E-state index contributed by atoms with van der Waals surface area (Å²) in [5, 5.41) is 12.1. The van der Waals surface area contributed by atoms with E-state index < -0.39 is 5.60 Å². The van der Waals surface area contributed by atoms with Crippen molar-refractivity contribution in [2.45, 2.75) is 95.9 Å². The molecule has 2 N–H and O–H groups in total. The molecule has 2 aromatic rings. The Balaban J connectivity index is 1.32. The predicted molar refractivity (Wildman–Crippen MR) is 123 cm³/mol. The number of rotatable bonds is 1. The first-order valence-corrected chi connectivity index (χ1v) is 12.7. The molecule has 2 heterocycles. The standard InChI is InChI=1S/C28H37NO2/c1-25(2,30)23-14-17-15-28(17)21-10-9-16-13-19-18-7-5-6-8-20(18)29-24(19)27(16,4)26(21,3)12-11-22(28)31-23/h5-8,16-17,21-23,29-30H,9-15H2,1-4H3/t16-,17-,21+,22-,23-,26-,27+,28+/m0/s1. The van der Waals surface area contributed by atoms with Crippen LogP contribution in [-0.4, -0.2) is 27.9 Å². The molecule has 31 heavy (non-hydrogen) atoms. The summed E-state index contributed by atoms with van der Waals surface area (Å²) >= 11 is 0. The lowest BCUT2D eigenvalue weighted by Crippen LogP contribution is -2.62. The zero-order valence-electron chi connectivity index (χ0n) is 19.5. The molecule has 4 aliphatic carbocycles. The van der Waals surface area contributed by atoms with Crippen molar-refractivity contribution < 1.29 is 9.84 Å². The quantitative estimate of drug-likeness (QED) is 0.619. The molecular weight excluding hydrogens is 382 g/mol. The zero-order chi connectivity index (χ0) is 21.4. The Kier molecular flexibility index (Phi) is 3.46. The Bertz CT molecular complexity index is 1080. The largest absolute Gasteiger partial charge is 0.388 e. The lowest BCUT2D eigenvalue weighted by molar-refractivity contribution is -0.218. The molecule has 3 nitrogen and oxygen atoms in total. The Morgan fingerprint density at radius 1 is 1.10 bits per heavy atom. The van der Waals surface area contributed by atoms with Crippen LogP contribution in [0.2, 0.25) is 0 Å². The molecule has 4 fully saturated rings. The number of ether oxygens (including phenoxy) is 1. The van der Waals surface area contributed by atoms with Crippen molar-refractivity contribution in [1.29, 1.82) is 0 Å². The van der Waals surface area contributed by atoms with Gasteiger partial charge in [-0.3, -0.25) is 0 Å². The molecule has 1 saturated heterocycles. The van der Waals surface area contributed by atoms with Crippen LogP contribution in [0.3, 0.4) is 0 Å². The highest BCUT2D eigenvalue weighted by molar-refractivity contribution is 5.86. The summed E-state index contributed by atoms with van der Waals surface area (Å²) in [6.07, 6.45) is 9.09. The van der Waals surface area contributed by atoms with Gasteiger partial charge in [0.2, 0.25) is 0 Å². The summed E-state index contributed by atoms with van der Waals surface area (Å²) < 4.78 is 6.70. The molecule has 0 unspecified atom stereocenters. The number of benzene rings is 1. The first-order valence-electron chi connectivity index (χ1n) is 12.7. The van der Waals surface area contributed by atoms with Crippen LogP contribution in [0.15, 0.2) is 24.3 Å². The molecule has 0 radical (unpaired) electrons. The van der Waals surface area contributed by atoms with Crippen molar-refractivity contribution in [2.24, 2.45) is 28.6 Å². The minimum Gasteiger partial charge on any atom is -0.388 e. The van der Waals surface area contributed by atoms with Gasteiger partial charge in [-0.05, 0) is 93.6 Å². The molecule has 1 aromatic heterocycles. The van der Waals surface area contributed by atoms with Gasteiger partial charge in [0, 0.05) is 27.4 Å². The third-order valence-corrected chi connectivity index (χ3v) is 11.3. The lowest BCUT2D eigenvalue weighted by Gasteiger charge is -2.63. The SMILES string of the molecule is CC(C)(O)[C@@H]1C[C@H]2C[C@@]23[C@H](CC[C@@]2(C)[C@H]3CC[C@H]3Cc4c([nH]c5ccccc45)[C@@]32C)O1. The highest BCUT2D eigenvalue weighted by Crippen LogP contribution is 2.79. The number of nitrogens with one attached hydrogen (secondary N) is 1. The summed E-state index contributed by atoms with van der Waals surface area (Å²) in [5.74, 6) is 2.25. The van der Waals surface area contributed by atoms with E-state index in [1.807, 2.05) is 13.8 Å². The fourth-order valence-corrected chi connectivity index (χ4v) is 9.57. The Hall–Kier alpha value is -1.32. The van der Waals surface area contributed by atoms with Crippen molar-refractivity contribution >= 4 is 10.9 Å². The lowest BCUT2D eigenvalue weighted by atomic mass is 9.42. The average Bonchev–Trinajstić information content (AvgIpc) is 3.23. The van der Waals surface area contributed by atoms with Gasteiger partial charge in [0.15, 0.2) is 0 Å². The second-order valence-electron chi connectivity index (χ2n) is 12.7. The minimum absolute atomic E-state index is 0.00111. The van der Waals surface area contributed by atoms with Gasteiger partial charge in [-0.15, -0.1) is 0 Å². The van der Waals surface area contributed by atoms with E-state index in [4.69, 9.17) is 4.74 Å². The van der Waals surface area contributed by atoms with Gasteiger partial charge in [0.1, 0.15) is 0 Å². The summed E-state index contributed by atoms with van der Waals surface area (Å²) in [6, 6.07) is 8.94. The van der Waals surface area contributed by atoms with Crippen LogP contribution in [-0.2, 0) is 16.6 Å². The molecule has 8 atom stereocenters. The van der Waals surface area contributed by atoms with Crippen LogP contribution in [0.1, 0.15) is 77.5 Å². The third kappa shape index (κ3) is 2.10. The van der Waals surface area contributed by atoms with Crippen LogP contribution >= 0.6 is 0 Å². The topological polar surface area (TPSA) is 45.2 Å². The molecule has 0 amide bonds. The van der Waals surface area contributed by atoms with E-state index in [0.29, 0.717) is 16.9 Å². The van der Waals surface area contributed by atoms with Gasteiger partial charge >= 0.3 is 0 Å². The first kappa shape index (κ1) is 19.2. The van der Waals surface area contributed by atoms with Crippen LogP contribution in [0.25, 0.3) is 10.9 Å². The second-order valence-corrected chi connectivity index (χ2v) is 12.7. The molecular formula is C28H37NO2. The fourth-order valence-electron chi connectivity index (χ4n) is 9.57. The molecule has 0 bridgehead atoms. The molecule has 1 spiro atoms. The van der Waals surface area contributed by atoms with E-state index in [-0.39, 0.29) is 11.5 Å². The molecule has 1 aromatic carbocycles. The minimum atomic E-state index is -0.732. The summed E-state index contributed by atoms with van der Waals surface area (Å²) in [4.78, 5) is 3.93. The van der Waals surface area contributed by atoms with Crippen LogP contribution < -0.4 is 0 Å². The molecule has 3 saturated carbocycles. The second kappa shape index (κ2) is 5.59. The van der Waals surface area contributed by atoms with E-state index in [0.717, 1.165) is 30.6 Å². The van der Waals surface area contributed by atoms with Crippen molar-refractivity contribution in [1.82, 2.24) is 4.98 Å². The fraction of sp³-hybridized carbons (Fsp3) is 0.714. The van der Waals surface area contributed by atoms with E-state index in [1.54, 1.807) is 11.3 Å². The van der Waals surface area contributed by atoms with Gasteiger partial charge in [-0.1, -0.05) is 32.0 Å². The van der Waals surface area contributed by atoms with E-state index in [1.165, 1.54) is 43.0 Å². The number of aliphatic hydroxyl groups is 1. The maximum Gasteiger partial charge on any atom is 0.0863 e. The molecule has 3 heteroatoms. The first-order chi connectivity index (χ1) is 14.7. The number of hydrogen-bond acceptors (Lipinski definition) is 2. The zero-order valence-corrected chi connectivity index (χ0v) is 19.5. The number of aromatic amines is 1. The summed E-state index contributed by atoms with van der Waals surface area (Å²) in [6.45, 7) is 9.12. The van der Waals surface area contributed by atoms with E-state index in [9.17, 15) is 5.11 Å². The average molecular weight is 420 g/mol. The van der Waals surface area contributed by atoms with Gasteiger partial charge < -0.3 is 14.8 Å². The smallest absolute Gasteiger partial charge is 0.0863 e. The highest BCUT2D eigenvalue weighted by Gasteiger charge is 2.76. The normalized spacial score (nSPS) is 47.8. The van der Waals surface area contributed by atoms with Crippen molar-refractivity contribution in [3.63, 3.8) is 0 Å². The molecule has 1 aliphatic heterocycles. The molecule has 7 rings (SSSR count). The molecule has 5 aliphatic rings. The van der Waals surface area contributed by atoms with Crippen LogP contribution in [0.5, 0.6) is 0 Å². The molecule has 166 valence electrons. The van der Waals surface area contributed by atoms with Crippen LogP contribution in [0.4, 0.5) is 0 Å². The monoisotopic (exact) mass is 419 g/mol. The van der Waals surface area contributed by atoms with Crippen LogP contribution in [0, 0.1) is 28.6 Å². The van der Waals surface area contributed by atoms with Crippen molar-refractivity contribution in [3.8, 4) is 0 Å².